The quantitative estimate of drug-likeness (QED) is 0.632. The van der Waals surface area contributed by atoms with Crippen LogP contribution in [0.5, 0.6) is 5.75 Å². The molecule has 1 aliphatic heterocycles. The number of nitrogens with zero attached hydrogens (tertiary/aromatic N) is 4. The van der Waals surface area contributed by atoms with Gasteiger partial charge in [-0.2, -0.15) is 0 Å². The molecule has 1 amide bonds. The highest BCUT2D eigenvalue weighted by molar-refractivity contribution is 6.33. The molecule has 1 N–H and O–H groups in total. The monoisotopic (exact) mass is 441 g/mol. The number of pyridine rings is 1. The van der Waals surface area contributed by atoms with Crippen LogP contribution in [0.25, 0.3) is 0 Å². The fraction of sp³-hybridized carbons (Fsp3) is 0.318. The van der Waals surface area contributed by atoms with Gasteiger partial charge in [0.05, 0.1) is 30.9 Å². The van der Waals surface area contributed by atoms with Gasteiger partial charge in [0.25, 0.3) is 5.91 Å². The van der Waals surface area contributed by atoms with Gasteiger partial charge < -0.3 is 24.3 Å². The van der Waals surface area contributed by atoms with E-state index in [1.54, 1.807) is 30.5 Å². The fourth-order valence-electron chi connectivity index (χ4n) is 3.59. The molecule has 3 heterocycles. The van der Waals surface area contributed by atoms with Gasteiger partial charge in [-0.15, -0.1) is 0 Å². The second-order valence-electron chi connectivity index (χ2n) is 7.17. The average molecular weight is 442 g/mol. The van der Waals surface area contributed by atoms with Crippen molar-refractivity contribution in [3.05, 3.63) is 70.9 Å². The lowest BCUT2D eigenvalue weighted by molar-refractivity contribution is 0.0302. The lowest BCUT2D eigenvalue weighted by atomic mass is 10.0. The van der Waals surface area contributed by atoms with Gasteiger partial charge in [-0.3, -0.25) is 4.79 Å². The van der Waals surface area contributed by atoms with E-state index >= 15 is 0 Å². The number of carbonyl (C=O) groups is 1. The molecule has 9 heteroatoms. The van der Waals surface area contributed by atoms with E-state index in [1.807, 2.05) is 42.1 Å². The van der Waals surface area contributed by atoms with Crippen LogP contribution in [0.3, 0.4) is 0 Å². The van der Waals surface area contributed by atoms with Crippen molar-refractivity contribution in [1.82, 2.24) is 19.4 Å². The van der Waals surface area contributed by atoms with Gasteiger partial charge >= 0.3 is 0 Å². The molecule has 2 aromatic heterocycles. The molecule has 162 valence electrons. The zero-order chi connectivity index (χ0) is 21.8. The summed E-state index contributed by atoms with van der Waals surface area (Å²) in [4.78, 5) is 23.4. The van der Waals surface area contributed by atoms with Crippen LogP contribution in [-0.2, 0) is 11.8 Å². The number of nitrogens with one attached hydrogen (secondary N) is 1. The predicted octanol–water partition coefficient (Wildman–Crippen LogP) is 3.15. The molecule has 31 heavy (non-hydrogen) atoms. The normalized spacial score (nSPS) is 14.9. The van der Waals surface area contributed by atoms with Crippen LogP contribution in [0.2, 0.25) is 5.02 Å². The van der Waals surface area contributed by atoms with E-state index in [4.69, 9.17) is 21.1 Å². The Labute approximate surface area is 185 Å². The van der Waals surface area contributed by atoms with Crippen molar-refractivity contribution < 1.29 is 14.3 Å². The summed E-state index contributed by atoms with van der Waals surface area (Å²) in [5.74, 6) is 1.85. The van der Waals surface area contributed by atoms with Gasteiger partial charge in [0, 0.05) is 44.3 Å². The van der Waals surface area contributed by atoms with Crippen molar-refractivity contribution in [3.63, 3.8) is 0 Å². The summed E-state index contributed by atoms with van der Waals surface area (Å²) in [6.45, 7) is 2.20. The molecule has 1 aromatic carbocycles. The third-order valence-electron chi connectivity index (χ3n) is 5.23. The molecule has 4 rings (SSSR count). The molecule has 8 nitrogen and oxygen atoms in total. The third kappa shape index (κ3) is 4.50. The number of anilines is 1. The van der Waals surface area contributed by atoms with Crippen molar-refractivity contribution in [1.29, 1.82) is 0 Å². The van der Waals surface area contributed by atoms with Crippen LogP contribution < -0.4 is 10.1 Å². The van der Waals surface area contributed by atoms with Crippen molar-refractivity contribution >= 4 is 23.3 Å². The first-order chi connectivity index (χ1) is 15.1. The standard InChI is InChI=1S/C22H24ClN5O3/c1-27-8-7-24-21(27)19(16-5-3-4-6-18(16)30-2)26-20-17(23)13-15(14-25-20)22(29)28-9-11-31-12-10-28/h3-8,13-14,19H,9-12H2,1-2H3,(H,25,26). The minimum atomic E-state index is -0.359. The first-order valence-corrected chi connectivity index (χ1v) is 10.4. The number of hydrogen-bond donors (Lipinski definition) is 1. The Balaban J connectivity index is 1.64. The molecule has 1 fully saturated rings. The molecular formula is C22H24ClN5O3. The number of aryl methyl sites for hydroxylation is 1. The zero-order valence-corrected chi connectivity index (χ0v) is 18.2. The first-order valence-electron chi connectivity index (χ1n) is 9.97. The lowest BCUT2D eigenvalue weighted by Crippen LogP contribution is -2.40. The summed E-state index contributed by atoms with van der Waals surface area (Å²) in [5.41, 5.74) is 1.34. The Hall–Kier alpha value is -3.10. The van der Waals surface area contributed by atoms with Gasteiger partial charge in [0.15, 0.2) is 0 Å². The van der Waals surface area contributed by atoms with Crippen LogP contribution in [-0.4, -0.2) is 58.8 Å². The van der Waals surface area contributed by atoms with Crippen molar-refractivity contribution in [2.75, 3.05) is 38.7 Å². The van der Waals surface area contributed by atoms with Crippen LogP contribution in [0.1, 0.15) is 27.8 Å². The Bertz CT molecular complexity index is 1060. The Morgan fingerprint density at radius 1 is 1.26 bits per heavy atom. The summed E-state index contributed by atoms with van der Waals surface area (Å²) >= 11 is 6.54. The van der Waals surface area contributed by atoms with Gasteiger partial charge in [0.2, 0.25) is 0 Å². The number of amides is 1. The molecule has 1 unspecified atom stereocenters. The van der Waals surface area contributed by atoms with Crippen molar-refractivity contribution in [3.8, 4) is 5.75 Å². The Morgan fingerprint density at radius 3 is 2.71 bits per heavy atom. The van der Waals surface area contributed by atoms with Gasteiger partial charge in [-0.1, -0.05) is 29.8 Å². The maximum Gasteiger partial charge on any atom is 0.255 e. The SMILES string of the molecule is COc1ccccc1C(Nc1ncc(C(=O)N2CCOCC2)cc1Cl)c1nccn1C. The van der Waals surface area contributed by atoms with Crippen molar-refractivity contribution in [2.24, 2.45) is 7.05 Å². The summed E-state index contributed by atoms with van der Waals surface area (Å²) in [6, 6.07) is 9.00. The fourth-order valence-corrected chi connectivity index (χ4v) is 3.81. The lowest BCUT2D eigenvalue weighted by Gasteiger charge is -2.27. The molecule has 0 saturated carbocycles. The maximum atomic E-state index is 12.7. The summed E-state index contributed by atoms with van der Waals surface area (Å²) < 4.78 is 12.8. The molecule has 0 bridgehead atoms. The number of methoxy groups -OCH3 is 1. The average Bonchev–Trinajstić information content (AvgIpc) is 3.24. The number of carbonyl (C=O) groups excluding carboxylic acids is 1. The molecular weight excluding hydrogens is 418 g/mol. The Kier molecular flexibility index (Phi) is 6.39. The van der Waals surface area contributed by atoms with Gasteiger partial charge in [-0.05, 0) is 12.1 Å². The molecule has 0 spiro atoms. The molecule has 3 aromatic rings. The summed E-state index contributed by atoms with van der Waals surface area (Å²) in [6.07, 6.45) is 5.15. The number of aromatic nitrogens is 3. The maximum absolute atomic E-state index is 12.7. The van der Waals surface area contributed by atoms with E-state index in [1.165, 1.54) is 0 Å². The first kappa shape index (κ1) is 21.1. The Morgan fingerprint density at radius 2 is 2.03 bits per heavy atom. The molecule has 1 atom stereocenters. The number of ether oxygens (including phenoxy) is 2. The van der Waals surface area contributed by atoms with E-state index in [2.05, 4.69) is 15.3 Å². The number of hydrogen-bond acceptors (Lipinski definition) is 6. The number of rotatable bonds is 6. The third-order valence-corrected chi connectivity index (χ3v) is 5.52. The summed E-state index contributed by atoms with van der Waals surface area (Å²) in [5, 5.41) is 3.73. The van der Waals surface area contributed by atoms with Crippen LogP contribution in [0.15, 0.2) is 48.9 Å². The highest BCUT2D eigenvalue weighted by Crippen LogP contribution is 2.33. The number of benzene rings is 1. The molecule has 1 aliphatic rings. The number of para-hydroxylation sites is 1. The van der Waals surface area contributed by atoms with E-state index in [9.17, 15) is 4.79 Å². The molecule has 1 saturated heterocycles. The van der Waals surface area contributed by atoms with Gasteiger partial charge in [-0.25, -0.2) is 9.97 Å². The smallest absolute Gasteiger partial charge is 0.255 e. The highest BCUT2D eigenvalue weighted by Gasteiger charge is 2.24. The minimum absolute atomic E-state index is 0.102. The number of halogens is 1. The van der Waals surface area contributed by atoms with E-state index in [-0.39, 0.29) is 11.9 Å². The van der Waals surface area contributed by atoms with E-state index in [0.29, 0.717) is 42.7 Å². The highest BCUT2D eigenvalue weighted by atomic mass is 35.5. The summed E-state index contributed by atoms with van der Waals surface area (Å²) in [7, 11) is 3.55. The molecule has 0 radical (unpaired) electrons. The van der Waals surface area contributed by atoms with Crippen LogP contribution >= 0.6 is 11.6 Å². The number of morpholine rings is 1. The predicted molar refractivity (Wildman–Crippen MR) is 118 cm³/mol. The van der Waals surface area contributed by atoms with Crippen LogP contribution in [0, 0.1) is 0 Å². The van der Waals surface area contributed by atoms with E-state index < -0.39 is 0 Å². The second-order valence-corrected chi connectivity index (χ2v) is 7.58. The second kappa shape index (κ2) is 9.36. The number of imidazole rings is 1. The molecule has 0 aliphatic carbocycles. The van der Waals surface area contributed by atoms with Crippen molar-refractivity contribution in [2.45, 2.75) is 6.04 Å². The topological polar surface area (TPSA) is 81.5 Å². The van der Waals surface area contributed by atoms with Crippen LogP contribution in [0.4, 0.5) is 5.82 Å². The minimum Gasteiger partial charge on any atom is -0.496 e. The van der Waals surface area contributed by atoms with Gasteiger partial charge in [0.1, 0.15) is 23.4 Å². The van der Waals surface area contributed by atoms with E-state index in [0.717, 1.165) is 17.1 Å². The zero-order valence-electron chi connectivity index (χ0n) is 17.4. The largest absolute Gasteiger partial charge is 0.496 e.